The lowest BCUT2D eigenvalue weighted by molar-refractivity contribution is 0.163. The molecule has 2 rings (SSSR count). The Kier molecular flexibility index (Phi) is 4.56. The molecular formula is C16H16ClFO. The van der Waals surface area contributed by atoms with Gasteiger partial charge >= 0.3 is 0 Å². The van der Waals surface area contributed by atoms with Crippen LogP contribution in [0.1, 0.15) is 29.2 Å². The zero-order chi connectivity index (χ0) is 13.8. The van der Waals surface area contributed by atoms with Crippen molar-refractivity contribution in [2.45, 2.75) is 25.9 Å². The Labute approximate surface area is 117 Å². The first-order chi connectivity index (χ1) is 9.06. The summed E-state index contributed by atoms with van der Waals surface area (Å²) in [6.45, 7) is 2.03. The van der Waals surface area contributed by atoms with Gasteiger partial charge in [0.1, 0.15) is 5.82 Å². The zero-order valence-corrected chi connectivity index (χ0v) is 11.5. The Morgan fingerprint density at radius 1 is 1.16 bits per heavy atom. The van der Waals surface area contributed by atoms with E-state index in [1.807, 2.05) is 31.2 Å². The minimum absolute atomic E-state index is 0.302. The Morgan fingerprint density at radius 3 is 2.47 bits per heavy atom. The summed E-state index contributed by atoms with van der Waals surface area (Å²) in [6, 6.07) is 12.5. The van der Waals surface area contributed by atoms with Crippen LogP contribution in [0.3, 0.4) is 0 Å². The molecule has 0 aromatic heterocycles. The molecule has 0 amide bonds. The lowest BCUT2D eigenvalue weighted by atomic mass is 10.0. The molecule has 0 aliphatic carbocycles. The van der Waals surface area contributed by atoms with E-state index < -0.39 is 11.9 Å². The minimum atomic E-state index is -0.807. The van der Waals surface area contributed by atoms with E-state index >= 15 is 0 Å². The molecule has 0 fully saturated rings. The van der Waals surface area contributed by atoms with Crippen molar-refractivity contribution in [1.29, 1.82) is 0 Å². The fourth-order valence-corrected chi connectivity index (χ4v) is 2.14. The molecule has 0 saturated heterocycles. The average molecular weight is 279 g/mol. The lowest BCUT2D eigenvalue weighted by Crippen LogP contribution is -2.02. The van der Waals surface area contributed by atoms with Gasteiger partial charge in [-0.15, -0.1) is 0 Å². The van der Waals surface area contributed by atoms with E-state index in [1.54, 1.807) is 6.07 Å². The van der Waals surface area contributed by atoms with Gasteiger partial charge < -0.3 is 5.11 Å². The van der Waals surface area contributed by atoms with Gasteiger partial charge in [0.25, 0.3) is 0 Å². The molecule has 19 heavy (non-hydrogen) atoms. The van der Waals surface area contributed by atoms with Crippen molar-refractivity contribution in [2.24, 2.45) is 0 Å². The molecule has 0 saturated carbocycles. The normalized spacial score (nSPS) is 12.4. The summed E-state index contributed by atoms with van der Waals surface area (Å²) in [7, 11) is 0. The molecule has 0 bridgehead atoms. The van der Waals surface area contributed by atoms with E-state index in [0.29, 0.717) is 23.4 Å². The number of hydrogen-bond donors (Lipinski definition) is 1. The Balaban J connectivity index is 2.01. The molecule has 1 nitrogen and oxygen atoms in total. The third kappa shape index (κ3) is 3.79. The van der Waals surface area contributed by atoms with Crippen molar-refractivity contribution in [3.8, 4) is 0 Å². The first-order valence-corrected chi connectivity index (χ1v) is 6.62. The number of aryl methyl sites for hydroxylation is 2. The van der Waals surface area contributed by atoms with Gasteiger partial charge in [-0.2, -0.15) is 0 Å². The summed E-state index contributed by atoms with van der Waals surface area (Å²) in [4.78, 5) is 0. The second-order valence-electron chi connectivity index (χ2n) is 4.71. The highest BCUT2D eigenvalue weighted by atomic mass is 35.5. The van der Waals surface area contributed by atoms with Crippen LogP contribution in [0.5, 0.6) is 0 Å². The zero-order valence-electron chi connectivity index (χ0n) is 10.7. The fourth-order valence-electron chi connectivity index (χ4n) is 1.99. The van der Waals surface area contributed by atoms with Crippen molar-refractivity contribution in [3.63, 3.8) is 0 Å². The predicted molar refractivity (Wildman–Crippen MR) is 75.9 cm³/mol. The van der Waals surface area contributed by atoms with E-state index in [1.165, 1.54) is 17.7 Å². The van der Waals surface area contributed by atoms with Gasteiger partial charge in [0.2, 0.25) is 0 Å². The van der Waals surface area contributed by atoms with Crippen LogP contribution in [0.4, 0.5) is 4.39 Å². The quantitative estimate of drug-likeness (QED) is 0.876. The van der Waals surface area contributed by atoms with Crippen LogP contribution in [-0.2, 0) is 6.42 Å². The third-order valence-corrected chi connectivity index (χ3v) is 3.38. The molecule has 1 N–H and O–H groups in total. The van der Waals surface area contributed by atoms with Gasteiger partial charge in [-0.25, -0.2) is 4.39 Å². The second kappa shape index (κ2) is 6.18. The molecule has 1 atom stereocenters. The maximum atomic E-state index is 13.6. The summed E-state index contributed by atoms with van der Waals surface area (Å²) < 4.78 is 13.6. The molecule has 0 spiro atoms. The summed E-state index contributed by atoms with van der Waals surface area (Å²) in [5, 5.41) is 10.4. The molecule has 0 aliphatic rings. The van der Waals surface area contributed by atoms with Crippen molar-refractivity contribution < 1.29 is 9.50 Å². The molecule has 3 heteroatoms. The molecule has 2 aromatic rings. The highest BCUT2D eigenvalue weighted by Crippen LogP contribution is 2.24. The van der Waals surface area contributed by atoms with Gasteiger partial charge in [0.05, 0.1) is 6.10 Å². The van der Waals surface area contributed by atoms with Crippen LogP contribution in [0.25, 0.3) is 0 Å². The smallest absolute Gasteiger partial charge is 0.130 e. The summed E-state index contributed by atoms with van der Waals surface area (Å²) in [5.74, 6) is -0.455. The maximum absolute atomic E-state index is 13.6. The molecule has 0 aliphatic heterocycles. The van der Waals surface area contributed by atoms with Gasteiger partial charge in [-0.05, 0) is 37.5 Å². The van der Waals surface area contributed by atoms with Crippen LogP contribution in [0, 0.1) is 12.7 Å². The number of benzene rings is 2. The van der Waals surface area contributed by atoms with Gasteiger partial charge in [-0.1, -0.05) is 47.5 Å². The Hall–Kier alpha value is -1.38. The minimum Gasteiger partial charge on any atom is -0.388 e. The van der Waals surface area contributed by atoms with Crippen molar-refractivity contribution in [1.82, 2.24) is 0 Å². The molecule has 100 valence electrons. The SMILES string of the molecule is Cc1ccc(CCC(O)c2ccc(Cl)cc2F)cc1. The van der Waals surface area contributed by atoms with Crippen molar-refractivity contribution in [3.05, 3.63) is 70.0 Å². The number of aliphatic hydroxyl groups is 1. The van der Waals surface area contributed by atoms with E-state index in [0.717, 1.165) is 5.56 Å². The van der Waals surface area contributed by atoms with Crippen LogP contribution in [-0.4, -0.2) is 5.11 Å². The highest BCUT2D eigenvalue weighted by Gasteiger charge is 2.13. The van der Waals surface area contributed by atoms with Crippen LogP contribution in [0.2, 0.25) is 5.02 Å². The van der Waals surface area contributed by atoms with Crippen molar-refractivity contribution in [2.75, 3.05) is 0 Å². The van der Waals surface area contributed by atoms with E-state index in [-0.39, 0.29) is 0 Å². The molecule has 2 aromatic carbocycles. The number of rotatable bonds is 4. The van der Waals surface area contributed by atoms with E-state index in [9.17, 15) is 9.50 Å². The molecular weight excluding hydrogens is 263 g/mol. The first kappa shape index (κ1) is 14.0. The largest absolute Gasteiger partial charge is 0.388 e. The Bertz CT molecular complexity index is 551. The fraction of sp³-hybridized carbons (Fsp3) is 0.250. The monoisotopic (exact) mass is 278 g/mol. The second-order valence-corrected chi connectivity index (χ2v) is 5.14. The Morgan fingerprint density at radius 2 is 1.84 bits per heavy atom. The van der Waals surface area contributed by atoms with Gasteiger partial charge in [0.15, 0.2) is 0 Å². The first-order valence-electron chi connectivity index (χ1n) is 6.25. The van der Waals surface area contributed by atoms with E-state index in [2.05, 4.69) is 0 Å². The summed E-state index contributed by atoms with van der Waals surface area (Å²) in [6.07, 6.45) is 0.393. The molecule has 0 radical (unpaired) electrons. The van der Waals surface area contributed by atoms with Crippen LogP contribution >= 0.6 is 11.6 Å². The summed E-state index contributed by atoms with van der Waals surface area (Å²) in [5.41, 5.74) is 2.64. The molecule has 1 unspecified atom stereocenters. The number of hydrogen-bond acceptors (Lipinski definition) is 1. The van der Waals surface area contributed by atoms with Crippen LogP contribution in [0.15, 0.2) is 42.5 Å². The number of halogens is 2. The summed E-state index contributed by atoms with van der Waals surface area (Å²) >= 11 is 5.69. The standard InChI is InChI=1S/C16H16ClFO/c1-11-2-4-12(5-3-11)6-9-16(19)14-8-7-13(17)10-15(14)18/h2-5,7-8,10,16,19H,6,9H2,1H3. The highest BCUT2D eigenvalue weighted by molar-refractivity contribution is 6.30. The maximum Gasteiger partial charge on any atom is 0.130 e. The van der Waals surface area contributed by atoms with E-state index in [4.69, 9.17) is 11.6 Å². The predicted octanol–water partition coefficient (Wildman–Crippen LogP) is 4.45. The van der Waals surface area contributed by atoms with Gasteiger partial charge in [0, 0.05) is 10.6 Å². The number of aliphatic hydroxyl groups excluding tert-OH is 1. The average Bonchev–Trinajstić information content (AvgIpc) is 2.37. The van der Waals surface area contributed by atoms with Crippen LogP contribution < -0.4 is 0 Å². The molecule has 0 heterocycles. The van der Waals surface area contributed by atoms with Crippen molar-refractivity contribution >= 4 is 11.6 Å². The van der Waals surface area contributed by atoms with Gasteiger partial charge in [-0.3, -0.25) is 0 Å². The lowest BCUT2D eigenvalue weighted by Gasteiger charge is -2.12. The third-order valence-electron chi connectivity index (χ3n) is 3.15. The topological polar surface area (TPSA) is 20.2 Å².